The molecule has 4 nitrogen and oxygen atoms in total. The van der Waals surface area contributed by atoms with Crippen LogP contribution in [0, 0.1) is 5.82 Å². The zero-order valence-electron chi connectivity index (χ0n) is 16.9. The molecular weight excluding hydrogens is 393 g/mol. The van der Waals surface area contributed by atoms with Gasteiger partial charge in [-0.05, 0) is 29.7 Å². The first-order chi connectivity index (χ1) is 15.1. The SMILES string of the molecule is O=C1C(=O)N(C2CCCC2)C(c2ccccc2F)/C1=C(\O)c1cccc2ccccc12. The molecular formula is C26H22FNO3. The van der Waals surface area contributed by atoms with Gasteiger partial charge in [0.1, 0.15) is 11.6 Å². The van der Waals surface area contributed by atoms with Gasteiger partial charge < -0.3 is 10.0 Å². The molecule has 5 rings (SSSR count). The number of hydrogen-bond donors (Lipinski definition) is 1. The number of carbonyl (C=O) groups excluding carboxylic acids is 2. The highest BCUT2D eigenvalue weighted by atomic mass is 19.1. The summed E-state index contributed by atoms with van der Waals surface area (Å²) >= 11 is 0. The van der Waals surface area contributed by atoms with Gasteiger partial charge in [0, 0.05) is 17.2 Å². The third-order valence-corrected chi connectivity index (χ3v) is 6.44. The highest BCUT2D eigenvalue weighted by Crippen LogP contribution is 2.44. The molecule has 5 heteroatoms. The maximum absolute atomic E-state index is 14.9. The van der Waals surface area contributed by atoms with Crippen molar-refractivity contribution in [3.8, 4) is 0 Å². The number of nitrogens with zero attached hydrogens (tertiary/aromatic N) is 1. The van der Waals surface area contributed by atoms with Gasteiger partial charge in [-0.3, -0.25) is 9.59 Å². The Kier molecular flexibility index (Phi) is 4.81. The van der Waals surface area contributed by atoms with Crippen LogP contribution >= 0.6 is 0 Å². The molecule has 156 valence electrons. The number of fused-ring (bicyclic) bond motifs is 1. The summed E-state index contributed by atoms with van der Waals surface area (Å²) in [5, 5.41) is 13.0. The number of likely N-dealkylation sites (tertiary alicyclic amines) is 1. The van der Waals surface area contributed by atoms with Crippen molar-refractivity contribution in [2.45, 2.75) is 37.8 Å². The molecule has 1 aliphatic heterocycles. The fraction of sp³-hybridized carbons (Fsp3) is 0.231. The Hall–Kier alpha value is -3.47. The number of aliphatic hydroxyl groups excluding tert-OH is 1. The van der Waals surface area contributed by atoms with Gasteiger partial charge >= 0.3 is 0 Å². The number of aliphatic hydroxyl groups is 1. The van der Waals surface area contributed by atoms with Crippen molar-refractivity contribution in [3.63, 3.8) is 0 Å². The standard InChI is InChI=1S/C26H22FNO3/c27-21-15-6-5-13-20(21)23-22(25(30)26(31)28(23)17-10-2-3-11-17)24(29)19-14-7-9-16-8-1-4-12-18(16)19/h1,4-9,12-15,17,23,29H,2-3,10-11H2/b24-22+. The highest BCUT2D eigenvalue weighted by molar-refractivity contribution is 6.46. The van der Waals surface area contributed by atoms with Gasteiger partial charge in [-0.25, -0.2) is 4.39 Å². The number of Topliss-reactive ketones (excluding diaryl/α,β-unsaturated/α-hetero) is 1. The smallest absolute Gasteiger partial charge is 0.295 e. The number of hydrogen-bond acceptors (Lipinski definition) is 3. The van der Waals surface area contributed by atoms with Gasteiger partial charge in [-0.2, -0.15) is 0 Å². The highest BCUT2D eigenvalue weighted by Gasteiger charge is 2.50. The zero-order chi connectivity index (χ0) is 21.5. The Bertz CT molecular complexity index is 1220. The Balaban J connectivity index is 1.76. The van der Waals surface area contributed by atoms with Gasteiger partial charge in [0.2, 0.25) is 0 Å². The topological polar surface area (TPSA) is 57.6 Å². The van der Waals surface area contributed by atoms with E-state index in [2.05, 4.69) is 0 Å². The van der Waals surface area contributed by atoms with Crippen molar-refractivity contribution >= 4 is 28.2 Å². The summed E-state index contributed by atoms with van der Waals surface area (Å²) in [6.45, 7) is 0. The Morgan fingerprint density at radius 2 is 1.58 bits per heavy atom. The molecule has 1 unspecified atom stereocenters. The number of rotatable bonds is 3. The van der Waals surface area contributed by atoms with E-state index in [-0.39, 0.29) is 22.9 Å². The lowest BCUT2D eigenvalue weighted by molar-refractivity contribution is -0.141. The first kappa shape index (κ1) is 19.5. The normalized spacial score (nSPS) is 21.3. The molecule has 0 spiro atoms. The number of benzene rings is 3. The lowest BCUT2D eigenvalue weighted by Crippen LogP contribution is -2.38. The summed E-state index contributed by atoms with van der Waals surface area (Å²) in [7, 11) is 0. The molecule has 0 bridgehead atoms. The fourth-order valence-electron chi connectivity index (χ4n) is 4.99. The summed E-state index contributed by atoms with van der Waals surface area (Å²) in [4.78, 5) is 27.8. The number of ketones is 1. The predicted molar refractivity (Wildman–Crippen MR) is 117 cm³/mol. The van der Waals surface area contributed by atoms with Gasteiger partial charge in [-0.15, -0.1) is 0 Å². The largest absolute Gasteiger partial charge is 0.507 e. The minimum absolute atomic E-state index is 0.0432. The summed E-state index contributed by atoms with van der Waals surface area (Å²) in [6.07, 6.45) is 3.46. The van der Waals surface area contributed by atoms with Crippen LogP contribution in [-0.4, -0.2) is 27.7 Å². The second-order valence-electron chi connectivity index (χ2n) is 8.19. The molecule has 1 aliphatic carbocycles. The minimum atomic E-state index is -0.941. The minimum Gasteiger partial charge on any atom is -0.507 e. The van der Waals surface area contributed by atoms with E-state index in [0.717, 1.165) is 36.5 Å². The summed E-state index contributed by atoms with van der Waals surface area (Å²) in [5.41, 5.74) is 0.651. The van der Waals surface area contributed by atoms with Gasteiger partial charge in [0.15, 0.2) is 0 Å². The van der Waals surface area contributed by atoms with Crippen LogP contribution in [0.3, 0.4) is 0 Å². The monoisotopic (exact) mass is 415 g/mol. The Morgan fingerprint density at radius 1 is 0.903 bits per heavy atom. The molecule has 0 radical (unpaired) electrons. The molecule has 2 fully saturated rings. The summed E-state index contributed by atoms with van der Waals surface area (Å²) in [6, 6.07) is 18.0. The van der Waals surface area contributed by atoms with Gasteiger partial charge in [-0.1, -0.05) is 73.5 Å². The van der Waals surface area contributed by atoms with Crippen molar-refractivity contribution in [2.24, 2.45) is 0 Å². The number of halogens is 1. The second-order valence-corrected chi connectivity index (χ2v) is 8.19. The van der Waals surface area contributed by atoms with E-state index in [1.54, 1.807) is 30.3 Å². The van der Waals surface area contributed by atoms with Crippen LogP contribution in [0.5, 0.6) is 0 Å². The molecule has 0 aromatic heterocycles. The third kappa shape index (κ3) is 3.12. The van der Waals surface area contributed by atoms with Crippen molar-refractivity contribution in [2.75, 3.05) is 0 Å². The Morgan fingerprint density at radius 3 is 2.35 bits per heavy atom. The van der Waals surface area contributed by atoms with Crippen LogP contribution in [0.4, 0.5) is 4.39 Å². The average molecular weight is 415 g/mol. The maximum atomic E-state index is 14.9. The van der Waals surface area contributed by atoms with E-state index in [1.165, 1.54) is 11.0 Å². The molecule has 1 saturated carbocycles. The average Bonchev–Trinajstić information content (AvgIpc) is 3.40. The first-order valence-corrected chi connectivity index (χ1v) is 10.6. The van der Waals surface area contributed by atoms with Crippen molar-refractivity contribution in [3.05, 3.63) is 89.2 Å². The van der Waals surface area contributed by atoms with Crippen molar-refractivity contribution in [1.29, 1.82) is 0 Å². The van der Waals surface area contributed by atoms with Crippen molar-refractivity contribution in [1.82, 2.24) is 4.90 Å². The van der Waals surface area contributed by atoms with Gasteiger partial charge in [0.05, 0.1) is 11.6 Å². The third-order valence-electron chi connectivity index (χ3n) is 6.44. The van der Waals surface area contributed by atoms with E-state index < -0.39 is 23.5 Å². The molecule has 1 N–H and O–H groups in total. The van der Waals surface area contributed by atoms with Crippen LogP contribution < -0.4 is 0 Å². The molecule has 3 aromatic carbocycles. The molecule has 1 atom stereocenters. The lowest BCUT2D eigenvalue weighted by Gasteiger charge is -2.31. The molecule has 3 aromatic rings. The molecule has 1 saturated heterocycles. The van der Waals surface area contributed by atoms with E-state index in [4.69, 9.17) is 0 Å². The second kappa shape index (κ2) is 7.65. The molecule has 2 aliphatic rings. The van der Waals surface area contributed by atoms with Gasteiger partial charge in [0.25, 0.3) is 11.7 Å². The fourth-order valence-corrected chi connectivity index (χ4v) is 4.99. The van der Waals surface area contributed by atoms with Crippen LogP contribution in [-0.2, 0) is 9.59 Å². The van der Waals surface area contributed by atoms with E-state index >= 15 is 0 Å². The number of carbonyl (C=O) groups is 2. The quantitative estimate of drug-likeness (QED) is 0.357. The van der Waals surface area contributed by atoms with E-state index in [1.807, 2.05) is 30.3 Å². The molecule has 31 heavy (non-hydrogen) atoms. The summed E-state index contributed by atoms with van der Waals surface area (Å²) < 4.78 is 14.9. The van der Waals surface area contributed by atoms with Crippen LogP contribution in [0.15, 0.2) is 72.3 Å². The Labute approximate surface area is 179 Å². The summed E-state index contributed by atoms with van der Waals surface area (Å²) in [5.74, 6) is -2.18. The lowest BCUT2D eigenvalue weighted by atomic mass is 9.92. The maximum Gasteiger partial charge on any atom is 0.295 e. The van der Waals surface area contributed by atoms with Crippen LogP contribution in [0.1, 0.15) is 42.9 Å². The molecule has 1 amide bonds. The zero-order valence-corrected chi connectivity index (χ0v) is 16.9. The molecule has 1 heterocycles. The van der Waals surface area contributed by atoms with Crippen molar-refractivity contribution < 1.29 is 19.1 Å². The van der Waals surface area contributed by atoms with Crippen LogP contribution in [0.25, 0.3) is 16.5 Å². The van der Waals surface area contributed by atoms with Crippen LogP contribution in [0.2, 0.25) is 0 Å². The van der Waals surface area contributed by atoms with E-state index in [9.17, 15) is 19.1 Å². The predicted octanol–water partition coefficient (Wildman–Crippen LogP) is 5.34. The van der Waals surface area contributed by atoms with E-state index in [0.29, 0.717) is 5.56 Å². The first-order valence-electron chi connectivity index (χ1n) is 10.6. The number of amides is 1.